The van der Waals surface area contributed by atoms with Crippen molar-refractivity contribution in [1.82, 2.24) is 0 Å². The van der Waals surface area contributed by atoms with Crippen LogP contribution in [0.2, 0.25) is 0 Å². The summed E-state index contributed by atoms with van der Waals surface area (Å²) in [5.74, 6) is 0.392. The van der Waals surface area contributed by atoms with Gasteiger partial charge in [0.25, 0.3) is 0 Å². The maximum atomic E-state index is 11.6. The maximum absolute atomic E-state index is 11.6. The smallest absolute Gasteiger partial charge is 0.137 e. The fourth-order valence-electron chi connectivity index (χ4n) is 4.59. The second kappa shape index (κ2) is 8.11. The molecule has 30 heavy (non-hydrogen) atoms. The summed E-state index contributed by atoms with van der Waals surface area (Å²) in [6.45, 7) is 0. The van der Waals surface area contributed by atoms with Crippen LogP contribution >= 0.6 is 0 Å². The van der Waals surface area contributed by atoms with Gasteiger partial charge in [0.15, 0.2) is 0 Å². The van der Waals surface area contributed by atoms with Crippen LogP contribution < -0.4 is 5.32 Å². The predicted molar refractivity (Wildman–Crippen MR) is 124 cm³/mol. The first-order valence-corrected chi connectivity index (χ1v) is 10.6. The van der Waals surface area contributed by atoms with Crippen molar-refractivity contribution in [2.24, 2.45) is 4.99 Å². The number of allylic oxidation sites excluding steroid dienone is 1. The molecule has 3 heteroatoms. The largest absolute Gasteiger partial charge is 0.360 e. The minimum absolute atomic E-state index is 0.392. The average molecular weight is 393 g/mol. The number of fused-ring (bicyclic) bond motifs is 6. The van der Waals surface area contributed by atoms with Crippen molar-refractivity contribution in [3.05, 3.63) is 95.2 Å². The Kier molecular flexibility index (Phi) is 5.02. The molecular formula is C27H24N2O. The lowest BCUT2D eigenvalue weighted by atomic mass is 9.78. The van der Waals surface area contributed by atoms with Gasteiger partial charge in [0.05, 0.1) is 11.4 Å². The number of rotatable bonds is 0. The molecule has 1 N–H and O–H groups in total. The predicted octanol–water partition coefficient (Wildman–Crippen LogP) is 5.84. The van der Waals surface area contributed by atoms with E-state index in [1.54, 1.807) is 6.21 Å². The Morgan fingerprint density at radius 2 is 1.57 bits per heavy atom. The van der Waals surface area contributed by atoms with Crippen molar-refractivity contribution in [2.45, 2.75) is 32.1 Å². The fourth-order valence-corrected chi connectivity index (χ4v) is 4.59. The Labute approximate surface area is 177 Å². The van der Waals surface area contributed by atoms with Crippen molar-refractivity contribution in [3.63, 3.8) is 0 Å². The number of hydrogen-bond acceptors (Lipinski definition) is 3. The molecule has 0 fully saturated rings. The number of aryl methyl sites for hydroxylation is 1. The highest BCUT2D eigenvalue weighted by molar-refractivity contribution is 5.85. The second-order valence-electron chi connectivity index (χ2n) is 7.90. The van der Waals surface area contributed by atoms with Crippen LogP contribution in [0.25, 0.3) is 11.1 Å². The van der Waals surface area contributed by atoms with Crippen LogP contribution in [-0.2, 0) is 30.5 Å². The van der Waals surface area contributed by atoms with Crippen molar-refractivity contribution < 1.29 is 4.79 Å². The lowest BCUT2D eigenvalue weighted by Crippen LogP contribution is -2.17. The average Bonchev–Trinajstić information content (AvgIpc) is 3.04. The highest BCUT2D eigenvalue weighted by atomic mass is 16.1. The van der Waals surface area contributed by atoms with Crippen LogP contribution in [0, 0.1) is 0 Å². The first-order chi connectivity index (χ1) is 14.8. The van der Waals surface area contributed by atoms with Crippen molar-refractivity contribution in [2.75, 3.05) is 5.32 Å². The third-order valence-electron chi connectivity index (χ3n) is 6.06. The van der Waals surface area contributed by atoms with Crippen LogP contribution in [0.1, 0.15) is 28.7 Å². The Morgan fingerprint density at radius 3 is 2.53 bits per heavy atom. The van der Waals surface area contributed by atoms with E-state index in [0.29, 0.717) is 12.2 Å². The number of Topliss-reactive ketones (excluding diaryl/α,β-unsaturated/α-hetero) is 1. The molecule has 0 saturated carbocycles. The van der Waals surface area contributed by atoms with Gasteiger partial charge in [-0.1, -0.05) is 48.5 Å². The van der Waals surface area contributed by atoms with Gasteiger partial charge in [-0.15, -0.1) is 0 Å². The van der Waals surface area contributed by atoms with Gasteiger partial charge in [0.2, 0.25) is 0 Å². The number of para-hydroxylation sites is 2. The Bertz CT molecular complexity index is 1170. The number of carbonyl (C=O) groups is 1. The monoisotopic (exact) mass is 392 g/mol. The molecule has 0 bridgehead atoms. The zero-order valence-corrected chi connectivity index (χ0v) is 16.9. The Balaban J connectivity index is 0.000000149. The zero-order chi connectivity index (χ0) is 20.3. The van der Waals surface area contributed by atoms with Crippen LogP contribution in [0.4, 0.5) is 11.4 Å². The molecule has 0 unspecified atom stereocenters. The first kappa shape index (κ1) is 18.6. The van der Waals surface area contributed by atoms with Gasteiger partial charge in [-0.25, -0.2) is 0 Å². The number of benzene rings is 3. The summed E-state index contributed by atoms with van der Waals surface area (Å²) in [5, 5.41) is 3.12. The Hall–Kier alpha value is -3.46. The summed E-state index contributed by atoms with van der Waals surface area (Å²) in [4.78, 5) is 15.8. The molecule has 6 rings (SSSR count). The van der Waals surface area contributed by atoms with Crippen LogP contribution in [0.5, 0.6) is 0 Å². The molecule has 3 aromatic carbocycles. The highest BCUT2D eigenvalue weighted by Crippen LogP contribution is 2.38. The lowest BCUT2D eigenvalue weighted by molar-refractivity contribution is -0.118. The minimum atomic E-state index is 0.392. The third kappa shape index (κ3) is 3.59. The van der Waals surface area contributed by atoms with E-state index in [4.69, 9.17) is 0 Å². The maximum Gasteiger partial charge on any atom is 0.137 e. The standard InChI is InChI=1S/C18H16O.C9H8N2/c19-14-7-10-16-13(11-14)6-9-17-15-4-2-1-3-12(15)5-8-18(16)17;1-2-5-9-8(4-1)10-6-3-7-11-9/h1-4,6,9H,5,7-8,10-11H2;1-7,10H. The molecule has 1 heterocycles. The minimum Gasteiger partial charge on any atom is -0.360 e. The number of ketones is 1. The van der Waals surface area contributed by atoms with Crippen LogP contribution in [-0.4, -0.2) is 12.0 Å². The fraction of sp³-hybridized carbons (Fsp3) is 0.185. The molecule has 1 aliphatic heterocycles. The SMILES string of the molecule is C1=CNc2ccccc2N=C1.O=C1CCc2c(ccc3c2CCc2ccccc2-3)C1. The van der Waals surface area contributed by atoms with Gasteiger partial charge in [0.1, 0.15) is 5.78 Å². The van der Waals surface area contributed by atoms with E-state index in [-0.39, 0.29) is 0 Å². The van der Waals surface area contributed by atoms with E-state index in [1.165, 1.54) is 33.4 Å². The van der Waals surface area contributed by atoms with E-state index in [2.05, 4.69) is 46.7 Å². The summed E-state index contributed by atoms with van der Waals surface area (Å²) < 4.78 is 0. The zero-order valence-electron chi connectivity index (χ0n) is 16.9. The van der Waals surface area contributed by atoms with Gasteiger partial charge in [-0.2, -0.15) is 0 Å². The van der Waals surface area contributed by atoms with E-state index >= 15 is 0 Å². The van der Waals surface area contributed by atoms with E-state index < -0.39 is 0 Å². The summed E-state index contributed by atoms with van der Waals surface area (Å²) in [6, 6.07) is 21.1. The van der Waals surface area contributed by atoms with Gasteiger partial charge >= 0.3 is 0 Å². The van der Waals surface area contributed by atoms with Crippen molar-refractivity contribution in [1.29, 1.82) is 0 Å². The molecule has 0 radical (unpaired) electrons. The van der Waals surface area contributed by atoms with Gasteiger partial charge in [0, 0.05) is 25.3 Å². The third-order valence-corrected chi connectivity index (χ3v) is 6.06. The number of nitrogens with zero attached hydrogens (tertiary/aromatic N) is 1. The molecule has 0 atom stereocenters. The molecule has 148 valence electrons. The first-order valence-electron chi connectivity index (χ1n) is 10.6. The number of hydrogen-bond donors (Lipinski definition) is 1. The molecule has 0 amide bonds. The Morgan fingerprint density at radius 1 is 0.733 bits per heavy atom. The molecule has 3 aromatic rings. The highest BCUT2D eigenvalue weighted by Gasteiger charge is 2.23. The summed E-state index contributed by atoms with van der Waals surface area (Å²) in [6.07, 6.45) is 10.1. The number of nitrogens with one attached hydrogen (secondary N) is 1. The normalized spacial score (nSPS) is 15.4. The van der Waals surface area contributed by atoms with Crippen LogP contribution in [0.15, 0.2) is 77.9 Å². The second-order valence-corrected chi connectivity index (χ2v) is 7.90. The van der Waals surface area contributed by atoms with Crippen molar-refractivity contribution >= 4 is 23.4 Å². The van der Waals surface area contributed by atoms with E-state index in [9.17, 15) is 4.79 Å². The number of aliphatic imine (C=N–C) groups is 1. The number of carbonyl (C=O) groups excluding carboxylic acids is 1. The van der Waals surface area contributed by atoms with Crippen molar-refractivity contribution in [3.8, 4) is 11.1 Å². The summed E-state index contributed by atoms with van der Waals surface area (Å²) in [5.41, 5.74) is 10.5. The van der Waals surface area contributed by atoms with Gasteiger partial charge in [-0.05, 0) is 70.9 Å². The lowest BCUT2D eigenvalue weighted by Gasteiger charge is -2.26. The topological polar surface area (TPSA) is 41.5 Å². The summed E-state index contributed by atoms with van der Waals surface area (Å²) >= 11 is 0. The van der Waals surface area contributed by atoms with Gasteiger partial charge < -0.3 is 5.32 Å². The van der Waals surface area contributed by atoms with E-state index in [0.717, 1.165) is 37.1 Å². The summed E-state index contributed by atoms with van der Waals surface area (Å²) in [7, 11) is 0. The number of anilines is 1. The van der Waals surface area contributed by atoms with Gasteiger partial charge in [-0.3, -0.25) is 9.79 Å². The quantitative estimate of drug-likeness (QED) is 0.522. The van der Waals surface area contributed by atoms with Crippen LogP contribution in [0.3, 0.4) is 0 Å². The van der Waals surface area contributed by atoms with E-state index in [1.807, 2.05) is 36.5 Å². The molecule has 3 nitrogen and oxygen atoms in total. The molecule has 0 aromatic heterocycles. The molecule has 3 aliphatic rings. The molecule has 0 spiro atoms. The molecule has 2 aliphatic carbocycles. The molecule has 0 saturated heterocycles. The molecular weight excluding hydrogens is 368 g/mol.